The Kier molecular flexibility index (Phi) is 4.23. The van der Waals surface area contributed by atoms with Crippen LogP contribution in [0.1, 0.15) is 46.0 Å². The Morgan fingerprint density at radius 1 is 1.21 bits per heavy atom. The predicted octanol–water partition coefficient (Wildman–Crippen LogP) is 3.40. The maximum absolute atomic E-state index is 12.0. The number of cyclic esters (lactones) is 1. The van der Waals surface area contributed by atoms with Crippen molar-refractivity contribution >= 4 is 11.8 Å². The molecule has 0 aromatic heterocycles. The second-order valence-electron chi connectivity index (χ2n) is 5.90. The molecule has 19 heavy (non-hydrogen) atoms. The summed E-state index contributed by atoms with van der Waals surface area (Å²) in [5, 5.41) is 0. The summed E-state index contributed by atoms with van der Waals surface area (Å²) in [6.07, 6.45) is 5.35. The van der Waals surface area contributed by atoms with Gasteiger partial charge in [0.1, 0.15) is 5.78 Å². The first kappa shape index (κ1) is 14.0. The smallest absolute Gasteiger partial charge is 0.314 e. The minimum atomic E-state index is -0.179. The van der Waals surface area contributed by atoms with Gasteiger partial charge in [0.25, 0.3) is 0 Å². The molecular formula is C16H22O3. The van der Waals surface area contributed by atoms with Crippen LogP contribution in [0.4, 0.5) is 0 Å². The van der Waals surface area contributed by atoms with Crippen molar-refractivity contribution in [3.63, 3.8) is 0 Å². The van der Waals surface area contributed by atoms with Crippen LogP contribution in [0.3, 0.4) is 0 Å². The molecule has 2 aliphatic rings. The minimum Gasteiger partial charge on any atom is -0.434 e. The van der Waals surface area contributed by atoms with Crippen molar-refractivity contribution in [3.05, 3.63) is 24.0 Å². The van der Waals surface area contributed by atoms with Crippen molar-refractivity contribution in [1.29, 1.82) is 0 Å². The maximum atomic E-state index is 12.0. The molecule has 0 aromatic carbocycles. The first-order valence-electron chi connectivity index (χ1n) is 7.05. The van der Waals surface area contributed by atoms with E-state index in [-0.39, 0.29) is 29.5 Å². The first-order valence-corrected chi connectivity index (χ1v) is 7.05. The third-order valence-electron chi connectivity index (χ3n) is 4.43. The largest absolute Gasteiger partial charge is 0.434 e. The molecule has 1 aliphatic carbocycles. The fraction of sp³-hybridized carbons (Fsp3) is 0.625. The van der Waals surface area contributed by atoms with Crippen LogP contribution in [0.25, 0.3) is 0 Å². The van der Waals surface area contributed by atoms with Gasteiger partial charge in [-0.25, -0.2) is 0 Å². The van der Waals surface area contributed by atoms with Gasteiger partial charge in [0.15, 0.2) is 0 Å². The number of carbonyl (C=O) groups excluding carboxylic acids is 2. The number of allylic oxidation sites excluding steroid dienone is 2. The molecule has 0 amide bonds. The van der Waals surface area contributed by atoms with Gasteiger partial charge in [-0.3, -0.25) is 9.59 Å². The van der Waals surface area contributed by atoms with Crippen molar-refractivity contribution < 1.29 is 14.3 Å². The van der Waals surface area contributed by atoms with Crippen LogP contribution in [0.5, 0.6) is 0 Å². The van der Waals surface area contributed by atoms with Gasteiger partial charge in [-0.1, -0.05) is 19.1 Å². The molecule has 1 fully saturated rings. The van der Waals surface area contributed by atoms with Gasteiger partial charge in [0.2, 0.25) is 0 Å². The topological polar surface area (TPSA) is 43.4 Å². The van der Waals surface area contributed by atoms with E-state index in [1.165, 1.54) is 0 Å². The summed E-state index contributed by atoms with van der Waals surface area (Å²) in [4.78, 5) is 24.0. The number of fused-ring (bicyclic) bond motifs is 1. The van der Waals surface area contributed by atoms with Crippen LogP contribution in [0.2, 0.25) is 0 Å². The standard InChI is InChI=1S/C16H22O3/c1-10-4-6-13-12(3)9-19-16(18)14(13)8-11(2)15(17)7-5-10/h9,11,13-14H,1,4-8H2,2-3H3/t11?,13-,14?/m1/s1. The molecule has 0 aromatic rings. The van der Waals surface area contributed by atoms with Gasteiger partial charge in [-0.15, -0.1) is 0 Å². The summed E-state index contributed by atoms with van der Waals surface area (Å²) < 4.78 is 5.10. The molecule has 0 saturated heterocycles. The van der Waals surface area contributed by atoms with Gasteiger partial charge in [-0.2, -0.15) is 0 Å². The molecule has 3 heteroatoms. The molecular weight excluding hydrogens is 240 g/mol. The molecule has 1 heterocycles. The Labute approximate surface area is 114 Å². The summed E-state index contributed by atoms with van der Waals surface area (Å²) in [5.74, 6) is 0.0151. The highest BCUT2D eigenvalue weighted by Crippen LogP contribution is 2.37. The van der Waals surface area contributed by atoms with E-state index < -0.39 is 0 Å². The summed E-state index contributed by atoms with van der Waals surface area (Å²) in [6.45, 7) is 7.97. The quantitative estimate of drug-likeness (QED) is 0.496. The van der Waals surface area contributed by atoms with Crippen molar-refractivity contribution in [2.75, 3.05) is 0 Å². The zero-order valence-corrected chi connectivity index (χ0v) is 11.8. The molecule has 1 saturated carbocycles. The lowest BCUT2D eigenvalue weighted by Gasteiger charge is -2.32. The molecule has 3 atom stereocenters. The van der Waals surface area contributed by atoms with Gasteiger partial charge in [-0.05, 0) is 44.1 Å². The summed E-state index contributed by atoms with van der Waals surface area (Å²) >= 11 is 0. The molecule has 0 radical (unpaired) electrons. The van der Waals surface area contributed by atoms with Crippen molar-refractivity contribution in [2.45, 2.75) is 46.0 Å². The second kappa shape index (κ2) is 5.72. The molecule has 2 unspecified atom stereocenters. The van der Waals surface area contributed by atoms with Crippen molar-refractivity contribution in [1.82, 2.24) is 0 Å². The fourth-order valence-corrected chi connectivity index (χ4v) is 3.04. The minimum absolute atomic E-state index is 0.0724. The van der Waals surface area contributed by atoms with E-state index in [0.29, 0.717) is 12.8 Å². The molecule has 3 nitrogen and oxygen atoms in total. The second-order valence-corrected chi connectivity index (χ2v) is 5.90. The van der Waals surface area contributed by atoms with Crippen LogP contribution in [0.15, 0.2) is 24.0 Å². The van der Waals surface area contributed by atoms with E-state index in [9.17, 15) is 9.59 Å². The normalized spacial score (nSPS) is 33.3. The molecule has 2 rings (SSSR count). The number of rotatable bonds is 0. The number of carbonyl (C=O) groups is 2. The third kappa shape index (κ3) is 3.14. The van der Waals surface area contributed by atoms with Gasteiger partial charge >= 0.3 is 5.97 Å². The number of ether oxygens (including phenoxy) is 1. The molecule has 104 valence electrons. The Bertz CT molecular complexity index is 433. The Morgan fingerprint density at radius 2 is 1.95 bits per heavy atom. The van der Waals surface area contributed by atoms with Gasteiger partial charge < -0.3 is 4.74 Å². The molecule has 0 spiro atoms. The first-order chi connectivity index (χ1) is 8.99. The van der Waals surface area contributed by atoms with E-state index in [2.05, 4.69) is 6.58 Å². The number of hydrogen-bond acceptors (Lipinski definition) is 3. The third-order valence-corrected chi connectivity index (χ3v) is 4.43. The van der Waals surface area contributed by atoms with Crippen LogP contribution in [-0.4, -0.2) is 11.8 Å². The zero-order chi connectivity index (χ0) is 14.0. The summed E-state index contributed by atoms with van der Waals surface area (Å²) in [5.41, 5.74) is 2.23. The number of hydrogen-bond donors (Lipinski definition) is 0. The van der Waals surface area contributed by atoms with E-state index in [1.54, 1.807) is 6.26 Å². The monoisotopic (exact) mass is 262 g/mol. The maximum Gasteiger partial charge on any atom is 0.314 e. The Morgan fingerprint density at radius 3 is 2.68 bits per heavy atom. The van der Waals surface area contributed by atoms with Crippen molar-refractivity contribution in [2.24, 2.45) is 17.8 Å². The van der Waals surface area contributed by atoms with E-state index in [1.807, 2.05) is 13.8 Å². The highest BCUT2D eigenvalue weighted by atomic mass is 16.5. The number of esters is 1. The SMILES string of the molecule is C=C1CCC(=O)C(C)CC2C(=O)OC=C(C)[C@H]2CC1. The van der Waals surface area contributed by atoms with E-state index in [0.717, 1.165) is 30.4 Å². The predicted molar refractivity (Wildman–Crippen MR) is 73.2 cm³/mol. The lowest BCUT2D eigenvalue weighted by molar-refractivity contribution is -0.147. The molecule has 0 N–H and O–H groups in total. The van der Waals surface area contributed by atoms with Crippen LogP contribution < -0.4 is 0 Å². The highest BCUT2D eigenvalue weighted by Gasteiger charge is 2.36. The Hall–Kier alpha value is -1.38. The Balaban J connectivity index is 2.24. The average molecular weight is 262 g/mol. The van der Waals surface area contributed by atoms with E-state index >= 15 is 0 Å². The molecule has 1 aliphatic heterocycles. The van der Waals surface area contributed by atoms with Crippen LogP contribution in [0, 0.1) is 17.8 Å². The van der Waals surface area contributed by atoms with Gasteiger partial charge in [0.05, 0.1) is 12.2 Å². The summed E-state index contributed by atoms with van der Waals surface area (Å²) in [7, 11) is 0. The van der Waals surface area contributed by atoms with Crippen molar-refractivity contribution in [3.8, 4) is 0 Å². The lowest BCUT2D eigenvalue weighted by Crippen LogP contribution is -2.33. The van der Waals surface area contributed by atoms with E-state index in [4.69, 9.17) is 4.74 Å². The zero-order valence-electron chi connectivity index (χ0n) is 11.8. The molecule has 0 bridgehead atoms. The van der Waals surface area contributed by atoms with Crippen LogP contribution in [-0.2, 0) is 14.3 Å². The number of Topliss-reactive ketones (excluding diaryl/α,β-unsaturated/α-hetero) is 1. The fourth-order valence-electron chi connectivity index (χ4n) is 3.04. The average Bonchev–Trinajstić information content (AvgIpc) is 2.38. The van der Waals surface area contributed by atoms with Crippen LogP contribution >= 0.6 is 0 Å². The highest BCUT2D eigenvalue weighted by molar-refractivity contribution is 5.82. The number of ketones is 1. The lowest BCUT2D eigenvalue weighted by atomic mass is 9.75. The summed E-state index contributed by atoms with van der Waals surface area (Å²) in [6, 6.07) is 0. The van der Waals surface area contributed by atoms with Gasteiger partial charge in [0, 0.05) is 12.3 Å².